The molecule has 7 heteroatoms. The number of hydrogen-bond donors (Lipinski definition) is 0. The van der Waals surface area contributed by atoms with Crippen LogP contribution in [0, 0.1) is 0 Å². The molecular weight excluding hydrogens is 707 g/mol. The molecule has 2 amide bonds. The van der Waals surface area contributed by atoms with E-state index in [0.717, 1.165) is 31.5 Å². The fraction of sp³-hybridized carbons (Fsp3) is 0.513. The fourth-order valence-corrected chi connectivity index (χ4v) is 5.87. The zero-order chi connectivity index (χ0) is 32.1. The summed E-state index contributed by atoms with van der Waals surface area (Å²) in [5.74, 6) is -0.175. The van der Waals surface area contributed by atoms with Crippen LogP contribution in [0.5, 0.6) is 5.75 Å². The number of nitrogens with zero attached hydrogens (tertiary/aromatic N) is 2. The molecule has 0 aliphatic carbocycles. The third-order valence-electron chi connectivity index (χ3n) is 8.26. The number of imide groups is 1. The summed E-state index contributed by atoms with van der Waals surface area (Å²) in [5, 5.41) is 0.374. The average molecular weight is 761 g/mol. The van der Waals surface area contributed by atoms with E-state index in [1.807, 2.05) is 30.5 Å². The molecule has 1 heterocycles. The monoisotopic (exact) mass is 760 g/mol. The van der Waals surface area contributed by atoms with Gasteiger partial charge in [0.15, 0.2) is 6.20 Å². The van der Waals surface area contributed by atoms with Crippen molar-refractivity contribution >= 4 is 23.4 Å². The first-order valence-corrected chi connectivity index (χ1v) is 17.7. The average Bonchev–Trinajstić information content (AvgIpc) is 3.06. The molecule has 0 aliphatic rings. The Labute approximate surface area is 300 Å². The zero-order valence-corrected chi connectivity index (χ0v) is 30.9. The van der Waals surface area contributed by atoms with Gasteiger partial charge in [-0.15, -0.1) is 0 Å². The summed E-state index contributed by atoms with van der Waals surface area (Å²) in [7, 11) is 0. The second kappa shape index (κ2) is 23.8. The highest BCUT2D eigenvalue weighted by Gasteiger charge is 2.28. The predicted octanol–water partition coefficient (Wildman–Crippen LogP) is 7.38. The van der Waals surface area contributed by atoms with Gasteiger partial charge in [-0.3, -0.25) is 14.5 Å². The molecular formula is C39H54ClIN2O3. The van der Waals surface area contributed by atoms with E-state index in [1.54, 1.807) is 42.5 Å². The van der Waals surface area contributed by atoms with Gasteiger partial charge in [0, 0.05) is 29.7 Å². The van der Waals surface area contributed by atoms with E-state index in [2.05, 4.69) is 18.4 Å². The summed E-state index contributed by atoms with van der Waals surface area (Å²) in [4.78, 5) is 28.7. The summed E-state index contributed by atoms with van der Waals surface area (Å²) >= 11 is 6.58. The first kappa shape index (κ1) is 39.7. The number of carbonyl (C=O) groups excluding carboxylic acids is 2. The van der Waals surface area contributed by atoms with E-state index >= 15 is 0 Å². The summed E-state index contributed by atoms with van der Waals surface area (Å²) in [6.07, 6.45) is 21.3. The number of ether oxygens (including phenoxy) is 1. The Morgan fingerprint density at radius 2 is 1.24 bits per heavy atom. The normalized spacial score (nSPS) is 10.8. The SMILES string of the molecule is CCCCCCCCCCCCCCCCOc1ccc(C(=O)N(Cc2cccc[n+]2CCC)C(=O)c2ccccc2)cc1Cl.[I-]. The van der Waals surface area contributed by atoms with Crippen molar-refractivity contribution in [1.29, 1.82) is 0 Å². The van der Waals surface area contributed by atoms with Gasteiger partial charge in [-0.1, -0.05) is 133 Å². The quantitative estimate of drug-likeness (QED) is 0.0465. The molecule has 0 bridgehead atoms. The molecule has 46 heavy (non-hydrogen) atoms. The van der Waals surface area contributed by atoms with Crippen LogP contribution in [0.4, 0.5) is 0 Å². The molecule has 0 N–H and O–H groups in total. The highest BCUT2D eigenvalue weighted by atomic mass is 127. The molecule has 1 aromatic heterocycles. The van der Waals surface area contributed by atoms with Crippen LogP contribution >= 0.6 is 11.6 Å². The molecule has 0 radical (unpaired) electrons. The molecule has 2 aromatic carbocycles. The number of rotatable bonds is 22. The molecule has 0 atom stereocenters. The molecule has 5 nitrogen and oxygen atoms in total. The lowest BCUT2D eigenvalue weighted by Crippen LogP contribution is -3.00. The van der Waals surface area contributed by atoms with Crippen LogP contribution in [0.2, 0.25) is 5.02 Å². The standard InChI is InChI=1S/C39H54ClN2O3.HI/c1-3-5-6-7-8-9-10-11-12-13-14-15-16-22-30-45-37-27-26-34(31-36(37)40)39(44)42(38(43)33-23-18-17-19-24-33)32-35-25-20-21-29-41(35)28-4-2;/h17-21,23-27,29,31H,3-16,22,28,30,32H2,1-2H3;1H/q+1;/p-1. The van der Waals surface area contributed by atoms with E-state index in [9.17, 15) is 9.59 Å². The van der Waals surface area contributed by atoms with E-state index in [1.165, 1.54) is 81.9 Å². The minimum absolute atomic E-state index is 0. The molecule has 0 aliphatic heterocycles. The first-order chi connectivity index (χ1) is 22.0. The maximum atomic E-state index is 13.8. The van der Waals surface area contributed by atoms with Crippen LogP contribution in [0.3, 0.4) is 0 Å². The Morgan fingerprint density at radius 3 is 1.83 bits per heavy atom. The van der Waals surface area contributed by atoms with Crippen molar-refractivity contribution in [3.8, 4) is 5.75 Å². The second-order valence-electron chi connectivity index (χ2n) is 12.0. The maximum Gasteiger partial charge on any atom is 0.261 e. The van der Waals surface area contributed by atoms with Gasteiger partial charge in [0.1, 0.15) is 18.8 Å². The largest absolute Gasteiger partial charge is 1.00 e. The highest BCUT2D eigenvalue weighted by molar-refractivity contribution is 6.32. The third-order valence-corrected chi connectivity index (χ3v) is 8.56. The molecule has 0 unspecified atom stereocenters. The maximum absolute atomic E-state index is 13.8. The van der Waals surface area contributed by atoms with Gasteiger partial charge in [0.2, 0.25) is 5.69 Å². The summed E-state index contributed by atoms with van der Waals surface area (Å²) in [6.45, 7) is 5.92. The lowest BCUT2D eigenvalue weighted by Gasteiger charge is -2.21. The first-order valence-electron chi connectivity index (χ1n) is 17.4. The van der Waals surface area contributed by atoms with E-state index < -0.39 is 5.91 Å². The zero-order valence-electron chi connectivity index (χ0n) is 28.0. The predicted molar refractivity (Wildman–Crippen MR) is 185 cm³/mol. The minimum atomic E-state index is -0.392. The van der Waals surface area contributed by atoms with E-state index in [-0.39, 0.29) is 36.4 Å². The topological polar surface area (TPSA) is 50.5 Å². The lowest BCUT2D eigenvalue weighted by atomic mass is 10.0. The van der Waals surface area contributed by atoms with Crippen molar-refractivity contribution in [2.75, 3.05) is 6.61 Å². The van der Waals surface area contributed by atoms with Crippen molar-refractivity contribution in [3.05, 3.63) is 94.8 Å². The van der Waals surface area contributed by atoms with Crippen molar-refractivity contribution in [2.45, 2.75) is 123 Å². The summed E-state index contributed by atoms with van der Waals surface area (Å²) in [5.41, 5.74) is 1.70. The number of unbranched alkanes of at least 4 members (excludes halogenated alkanes) is 13. The number of hydrogen-bond acceptors (Lipinski definition) is 3. The van der Waals surface area contributed by atoms with Crippen LogP contribution in [0.15, 0.2) is 72.9 Å². The van der Waals surface area contributed by atoms with Gasteiger partial charge < -0.3 is 28.7 Å². The Kier molecular flexibility index (Phi) is 20.6. The van der Waals surface area contributed by atoms with Gasteiger partial charge >= 0.3 is 0 Å². The number of pyridine rings is 1. The van der Waals surface area contributed by atoms with Crippen molar-refractivity contribution in [3.63, 3.8) is 0 Å². The lowest BCUT2D eigenvalue weighted by molar-refractivity contribution is -0.704. The molecule has 252 valence electrons. The molecule has 0 spiro atoms. The van der Waals surface area contributed by atoms with E-state index in [0.29, 0.717) is 28.5 Å². The number of halogens is 2. The number of aromatic nitrogens is 1. The van der Waals surface area contributed by atoms with Crippen LogP contribution in [-0.4, -0.2) is 23.3 Å². The number of carbonyl (C=O) groups is 2. The van der Waals surface area contributed by atoms with Gasteiger partial charge in [-0.2, -0.15) is 0 Å². The summed E-state index contributed by atoms with van der Waals surface area (Å²) < 4.78 is 8.05. The van der Waals surface area contributed by atoms with Crippen molar-refractivity contribution in [2.24, 2.45) is 0 Å². The Hall–Kier alpha value is -2.45. The molecule has 3 rings (SSSR count). The third kappa shape index (κ3) is 14.1. The van der Waals surface area contributed by atoms with Crippen LogP contribution in [0.1, 0.15) is 137 Å². The second-order valence-corrected chi connectivity index (χ2v) is 12.4. The number of benzene rings is 2. The van der Waals surface area contributed by atoms with Gasteiger partial charge in [-0.05, 0) is 36.8 Å². The Balaban J connectivity index is 0.00000736. The molecule has 3 aromatic rings. The summed E-state index contributed by atoms with van der Waals surface area (Å²) in [6, 6.07) is 19.8. The Bertz CT molecular complexity index is 1290. The number of amides is 2. The fourth-order valence-electron chi connectivity index (χ4n) is 5.63. The van der Waals surface area contributed by atoms with Gasteiger partial charge in [-0.25, -0.2) is 4.57 Å². The molecule has 0 fully saturated rings. The minimum Gasteiger partial charge on any atom is -1.00 e. The van der Waals surface area contributed by atoms with Crippen molar-refractivity contribution < 1.29 is 42.9 Å². The molecule has 0 saturated heterocycles. The van der Waals surface area contributed by atoms with Gasteiger partial charge in [0.05, 0.1) is 11.6 Å². The van der Waals surface area contributed by atoms with Crippen LogP contribution in [0.25, 0.3) is 0 Å². The van der Waals surface area contributed by atoms with Crippen LogP contribution < -0.4 is 33.3 Å². The van der Waals surface area contributed by atoms with Crippen molar-refractivity contribution in [1.82, 2.24) is 4.90 Å². The smallest absolute Gasteiger partial charge is 0.261 e. The van der Waals surface area contributed by atoms with E-state index in [4.69, 9.17) is 16.3 Å². The van der Waals surface area contributed by atoms with Gasteiger partial charge in [0.25, 0.3) is 11.8 Å². The van der Waals surface area contributed by atoms with Crippen LogP contribution in [-0.2, 0) is 13.1 Å². The number of aryl methyl sites for hydroxylation is 1. The highest BCUT2D eigenvalue weighted by Crippen LogP contribution is 2.27. The molecule has 0 saturated carbocycles. The Morgan fingerprint density at radius 1 is 0.674 bits per heavy atom.